The topological polar surface area (TPSA) is 66.5 Å². The smallest absolute Gasteiger partial charge is 0.243 e. The number of sulfonamides is 1. The molecule has 2 aromatic rings. The molecule has 1 atom stereocenters. The van der Waals surface area contributed by atoms with Crippen LogP contribution in [0.15, 0.2) is 48.5 Å². The Morgan fingerprint density at radius 2 is 1.82 bits per heavy atom. The molecule has 9 heteroatoms. The van der Waals surface area contributed by atoms with Gasteiger partial charge >= 0.3 is 0 Å². The summed E-state index contributed by atoms with van der Waals surface area (Å²) in [6.45, 7) is 2.00. The highest BCUT2D eigenvalue weighted by Gasteiger charge is 2.28. The monoisotopic (exact) mass is 460 g/mol. The molecule has 5 nitrogen and oxygen atoms in total. The number of thioether (sulfide) groups is 1. The molecule has 0 aliphatic heterocycles. The Morgan fingerprint density at radius 1 is 1.14 bits per heavy atom. The van der Waals surface area contributed by atoms with Crippen LogP contribution in [0, 0.1) is 0 Å². The van der Waals surface area contributed by atoms with Gasteiger partial charge in [-0.05, 0) is 48.9 Å². The van der Waals surface area contributed by atoms with E-state index in [1.165, 1.54) is 0 Å². The van der Waals surface area contributed by atoms with Crippen LogP contribution in [0.4, 0.5) is 5.69 Å². The maximum absolute atomic E-state index is 12.5. The fourth-order valence-electron chi connectivity index (χ4n) is 2.61. The lowest BCUT2D eigenvalue weighted by atomic mass is 10.2. The summed E-state index contributed by atoms with van der Waals surface area (Å²) in [5.74, 6) is 1.13. The van der Waals surface area contributed by atoms with Crippen LogP contribution in [-0.4, -0.2) is 38.9 Å². The largest absolute Gasteiger partial charge is 0.353 e. The second-order valence-electron chi connectivity index (χ2n) is 6.18. The first-order valence-electron chi connectivity index (χ1n) is 8.53. The number of hydrogen-bond donors (Lipinski definition) is 1. The first-order valence-corrected chi connectivity index (χ1v) is 12.3. The zero-order valence-electron chi connectivity index (χ0n) is 15.6. The Hall–Kier alpha value is -1.41. The number of amides is 1. The summed E-state index contributed by atoms with van der Waals surface area (Å²) in [6, 6.07) is 13.1. The van der Waals surface area contributed by atoms with E-state index < -0.39 is 16.1 Å². The Morgan fingerprint density at radius 3 is 2.43 bits per heavy atom. The van der Waals surface area contributed by atoms with E-state index in [2.05, 4.69) is 5.32 Å². The minimum absolute atomic E-state index is 0.358. The molecule has 0 radical (unpaired) electrons. The van der Waals surface area contributed by atoms with E-state index in [0.29, 0.717) is 28.0 Å². The number of carbonyl (C=O) groups is 1. The number of nitrogens with zero attached hydrogens (tertiary/aromatic N) is 1. The molecule has 0 unspecified atom stereocenters. The molecule has 0 saturated heterocycles. The molecular formula is C19H22Cl2N2O3S2. The second-order valence-corrected chi connectivity index (χ2v) is 10.0. The molecule has 2 aromatic carbocycles. The number of hydrogen-bond acceptors (Lipinski definition) is 4. The first-order chi connectivity index (χ1) is 13.2. The average molecular weight is 461 g/mol. The maximum Gasteiger partial charge on any atom is 0.243 e. The third-order valence-electron chi connectivity index (χ3n) is 3.87. The second kappa shape index (κ2) is 10.4. The van der Waals surface area contributed by atoms with Crippen LogP contribution < -0.4 is 9.62 Å². The molecule has 0 heterocycles. The van der Waals surface area contributed by atoms with Crippen molar-refractivity contribution in [2.45, 2.75) is 18.7 Å². The highest BCUT2D eigenvalue weighted by atomic mass is 35.5. The lowest BCUT2D eigenvalue weighted by Crippen LogP contribution is -2.48. The lowest BCUT2D eigenvalue weighted by Gasteiger charge is -2.28. The fraction of sp³-hybridized carbons (Fsp3) is 0.316. The van der Waals surface area contributed by atoms with Gasteiger partial charge in [0.05, 0.1) is 11.9 Å². The molecule has 2 rings (SSSR count). The van der Waals surface area contributed by atoms with Crippen LogP contribution in [0.3, 0.4) is 0 Å². The van der Waals surface area contributed by atoms with Crippen molar-refractivity contribution in [3.63, 3.8) is 0 Å². The molecule has 0 fully saturated rings. The van der Waals surface area contributed by atoms with Crippen LogP contribution in [0.25, 0.3) is 0 Å². The molecule has 0 spiro atoms. The van der Waals surface area contributed by atoms with Crippen molar-refractivity contribution in [1.29, 1.82) is 0 Å². The van der Waals surface area contributed by atoms with Crippen LogP contribution in [-0.2, 0) is 20.6 Å². The summed E-state index contributed by atoms with van der Waals surface area (Å²) in [4.78, 5) is 12.5. The minimum atomic E-state index is -3.64. The number of carbonyl (C=O) groups excluding carboxylic acids is 1. The third-order valence-corrected chi connectivity index (χ3v) is 6.63. The van der Waals surface area contributed by atoms with Gasteiger partial charge in [0.25, 0.3) is 0 Å². The summed E-state index contributed by atoms with van der Waals surface area (Å²) in [5.41, 5.74) is 1.51. The molecule has 0 aliphatic rings. The molecule has 0 saturated carbocycles. The fourth-order valence-corrected chi connectivity index (χ4v) is 4.93. The molecule has 0 aliphatic carbocycles. The number of nitrogens with one attached hydrogen (secondary N) is 1. The van der Waals surface area contributed by atoms with Crippen LogP contribution in [0.2, 0.25) is 10.0 Å². The maximum atomic E-state index is 12.5. The molecule has 0 aromatic heterocycles. The van der Waals surface area contributed by atoms with E-state index in [4.69, 9.17) is 23.2 Å². The first kappa shape index (κ1) is 22.9. The van der Waals surface area contributed by atoms with Gasteiger partial charge in [-0.2, -0.15) is 11.8 Å². The zero-order valence-corrected chi connectivity index (χ0v) is 18.7. The Bertz CT molecular complexity index is 906. The van der Waals surface area contributed by atoms with Crippen molar-refractivity contribution < 1.29 is 13.2 Å². The van der Waals surface area contributed by atoms with E-state index in [0.717, 1.165) is 21.9 Å². The highest BCUT2D eigenvalue weighted by Crippen LogP contribution is 2.23. The van der Waals surface area contributed by atoms with Gasteiger partial charge in [0.2, 0.25) is 15.9 Å². The van der Waals surface area contributed by atoms with Gasteiger partial charge in [0.1, 0.15) is 6.04 Å². The van der Waals surface area contributed by atoms with Gasteiger partial charge in [0, 0.05) is 28.1 Å². The average Bonchev–Trinajstić information content (AvgIpc) is 2.62. The van der Waals surface area contributed by atoms with Gasteiger partial charge in [-0.1, -0.05) is 35.3 Å². The van der Waals surface area contributed by atoms with Gasteiger partial charge in [0.15, 0.2) is 0 Å². The summed E-state index contributed by atoms with van der Waals surface area (Å²) >= 11 is 13.5. The number of anilines is 1. The minimum Gasteiger partial charge on any atom is -0.353 e. The van der Waals surface area contributed by atoms with Crippen LogP contribution in [0.5, 0.6) is 0 Å². The van der Waals surface area contributed by atoms with E-state index >= 15 is 0 Å². The van der Waals surface area contributed by atoms with E-state index in [1.807, 2.05) is 24.3 Å². The lowest BCUT2D eigenvalue weighted by molar-refractivity contribution is -0.121. The Kier molecular flexibility index (Phi) is 8.49. The molecule has 0 bridgehead atoms. The molecule has 1 amide bonds. The molecule has 152 valence electrons. The predicted molar refractivity (Wildman–Crippen MR) is 119 cm³/mol. The van der Waals surface area contributed by atoms with Gasteiger partial charge < -0.3 is 5.32 Å². The van der Waals surface area contributed by atoms with Crippen molar-refractivity contribution in [2.24, 2.45) is 0 Å². The summed E-state index contributed by atoms with van der Waals surface area (Å²) in [5, 5.41) is 3.98. The van der Waals surface area contributed by atoms with E-state index in [-0.39, 0.29) is 5.91 Å². The van der Waals surface area contributed by atoms with Crippen molar-refractivity contribution in [3.8, 4) is 0 Å². The molecular weight excluding hydrogens is 439 g/mol. The van der Waals surface area contributed by atoms with Crippen molar-refractivity contribution in [3.05, 3.63) is 64.1 Å². The molecule has 1 N–H and O–H groups in total. The number of halogens is 2. The van der Waals surface area contributed by atoms with Crippen molar-refractivity contribution >= 4 is 56.6 Å². The van der Waals surface area contributed by atoms with Crippen molar-refractivity contribution in [2.75, 3.05) is 22.9 Å². The van der Waals surface area contributed by atoms with E-state index in [9.17, 15) is 13.2 Å². The van der Waals surface area contributed by atoms with Gasteiger partial charge in [-0.3, -0.25) is 9.10 Å². The Balaban J connectivity index is 1.89. The normalized spacial score (nSPS) is 12.4. The number of rotatable bonds is 9. The summed E-state index contributed by atoms with van der Waals surface area (Å²) in [6.07, 6.45) is 1.08. The zero-order chi connectivity index (χ0) is 20.7. The third kappa shape index (κ3) is 6.88. The quantitative estimate of drug-likeness (QED) is 0.569. The van der Waals surface area contributed by atoms with Gasteiger partial charge in [-0.25, -0.2) is 8.42 Å². The predicted octanol–water partition coefficient (Wildman–Crippen LogP) is 4.20. The molecule has 28 heavy (non-hydrogen) atoms. The van der Waals surface area contributed by atoms with Gasteiger partial charge in [-0.15, -0.1) is 0 Å². The Labute approximate surface area is 180 Å². The standard InChI is InChI=1S/C19H22Cl2N2O3S2/c1-14(23(28(2,25)26)18-8-6-16(20)7-9-18)19(24)22-10-11-27-13-15-4-3-5-17(21)12-15/h3-9,12,14H,10-11,13H2,1-2H3,(H,22,24)/t14-/m0/s1. The SMILES string of the molecule is C[C@@H](C(=O)NCCSCc1cccc(Cl)c1)N(c1ccc(Cl)cc1)S(C)(=O)=O. The number of benzene rings is 2. The van der Waals surface area contributed by atoms with Crippen LogP contribution >= 0.6 is 35.0 Å². The summed E-state index contributed by atoms with van der Waals surface area (Å²) in [7, 11) is -3.64. The van der Waals surface area contributed by atoms with Crippen molar-refractivity contribution in [1.82, 2.24) is 5.32 Å². The highest BCUT2D eigenvalue weighted by molar-refractivity contribution is 7.98. The summed E-state index contributed by atoms with van der Waals surface area (Å²) < 4.78 is 25.5. The van der Waals surface area contributed by atoms with E-state index in [1.54, 1.807) is 43.0 Å². The van der Waals surface area contributed by atoms with Crippen LogP contribution in [0.1, 0.15) is 12.5 Å².